The van der Waals surface area contributed by atoms with Crippen LogP contribution >= 0.6 is 11.6 Å². The van der Waals surface area contributed by atoms with Gasteiger partial charge in [-0.25, -0.2) is 0 Å². The summed E-state index contributed by atoms with van der Waals surface area (Å²) in [6.07, 6.45) is 1.80. The minimum absolute atomic E-state index is 0.197. The zero-order valence-corrected chi connectivity index (χ0v) is 9.99. The van der Waals surface area contributed by atoms with E-state index >= 15 is 0 Å². The first-order chi connectivity index (χ1) is 7.47. The monoisotopic (exact) mass is 258 g/mol. The summed E-state index contributed by atoms with van der Waals surface area (Å²) in [6.45, 7) is -0.932. The Balaban J connectivity index is 1.98. The molecule has 0 saturated heterocycles. The molecule has 1 aliphatic rings. The molecule has 2 atom stereocenters. The largest absolute Gasteiger partial charge is 0.411 e. The number of rotatable bonds is 5. The molecular formula is C11H18ClF3O. The average molecular weight is 259 g/mol. The molecule has 0 N–H and O–H groups in total. The van der Waals surface area contributed by atoms with Crippen LogP contribution in [-0.2, 0) is 4.74 Å². The van der Waals surface area contributed by atoms with Gasteiger partial charge in [0.15, 0.2) is 0 Å². The van der Waals surface area contributed by atoms with E-state index in [0.29, 0.717) is 12.3 Å². The van der Waals surface area contributed by atoms with Crippen LogP contribution in [0.1, 0.15) is 38.5 Å². The molecule has 0 bridgehead atoms. The number of hydrogen-bond acceptors (Lipinski definition) is 1. The van der Waals surface area contributed by atoms with Crippen molar-refractivity contribution in [1.82, 2.24) is 0 Å². The molecule has 0 amide bonds. The number of halogens is 4. The van der Waals surface area contributed by atoms with Crippen LogP contribution in [0.15, 0.2) is 0 Å². The van der Waals surface area contributed by atoms with Crippen molar-refractivity contribution in [2.75, 3.05) is 13.2 Å². The Morgan fingerprint density at radius 2 is 2.00 bits per heavy atom. The molecule has 2 unspecified atom stereocenters. The summed E-state index contributed by atoms with van der Waals surface area (Å²) >= 11 is 6.03. The van der Waals surface area contributed by atoms with Gasteiger partial charge >= 0.3 is 6.18 Å². The van der Waals surface area contributed by atoms with E-state index in [1.54, 1.807) is 0 Å². The number of hydrogen-bond donors (Lipinski definition) is 0. The average Bonchev–Trinajstić information content (AvgIpc) is 2.15. The third kappa shape index (κ3) is 6.59. The van der Waals surface area contributed by atoms with Crippen LogP contribution in [0.2, 0.25) is 0 Å². The summed E-state index contributed by atoms with van der Waals surface area (Å²) in [6, 6.07) is 0. The molecule has 1 rings (SSSR count). The lowest BCUT2D eigenvalue weighted by Crippen LogP contribution is -2.18. The van der Waals surface area contributed by atoms with Gasteiger partial charge in [0.25, 0.3) is 0 Å². The van der Waals surface area contributed by atoms with Crippen LogP contribution < -0.4 is 0 Å². The van der Waals surface area contributed by atoms with Gasteiger partial charge < -0.3 is 4.74 Å². The van der Waals surface area contributed by atoms with Gasteiger partial charge in [0.2, 0.25) is 0 Å². The van der Waals surface area contributed by atoms with Gasteiger partial charge in [0.05, 0.1) is 0 Å². The molecular weight excluding hydrogens is 241 g/mol. The van der Waals surface area contributed by atoms with Crippen molar-refractivity contribution in [2.45, 2.75) is 50.1 Å². The third-order valence-electron chi connectivity index (χ3n) is 2.89. The van der Waals surface area contributed by atoms with Gasteiger partial charge in [0, 0.05) is 12.0 Å². The van der Waals surface area contributed by atoms with Gasteiger partial charge in [-0.2, -0.15) is 13.2 Å². The maximum atomic E-state index is 11.7. The van der Waals surface area contributed by atoms with Crippen molar-refractivity contribution < 1.29 is 17.9 Å². The Bertz CT molecular complexity index is 196. The summed E-state index contributed by atoms with van der Waals surface area (Å²) in [5, 5.41) is 0.259. The Labute approximate surface area is 99.3 Å². The van der Waals surface area contributed by atoms with E-state index in [-0.39, 0.29) is 12.0 Å². The highest BCUT2D eigenvalue weighted by molar-refractivity contribution is 6.20. The second kappa shape index (κ2) is 6.70. The summed E-state index contributed by atoms with van der Waals surface area (Å²) in [7, 11) is 0. The maximum Gasteiger partial charge on any atom is 0.411 e. The zero-order valence-electron chi connectivity index (χ0n) is 9.23. The first-order valence-corrected chi connectivity index (χ1v) is 6.19. The molecule has 0 heterocycles. The predicted octanol–water partition coefficient (Wildman–Crippen LogP) is 4.14. The second-order valence-electron chi connectivity index (χ2n) is 4.44. The van der Waals surface area contributed by atoms with Crippen LogP contribution in [0.4, 0.5) is 13.2 Å². The van der Waals surface area contributed by atoms with E-state index in [0.717, 1.165) is 32.1 Å². The Morgan fingerprint density at radius 3 is 2.62 bits per heavy atom. The van der Waals surface area contributed by atoms with Crippen molar-refractivity contribution in [1.29, 1.82) is 0 Å². The SMILES string of the molecule is FC(F)(F)COCCCC1CCCC(Cl)C1. The summed E-state index contributed by atoms with van der Waals surface area (Å²) in [5.41, 5.74) is 0. The Kier molecular flexibility index (Phi) is 5.90. The molecule has 0 radical (unpaired) electrons. The maximum absolute atomic E-state index is 11.7. The molecule has 0 aliphatic heterocycles. The lowest BCUT2D eigenvalue weighted by atomic mass is 9.86. The highest BCUT2D eigenvalue weighted by atomic mass is 35.5. The van der Waals surface area contributed by atoms with Crippen molar-refractivity contribution in [3.63, 3.8) is 0 Å². The molecule has 1 nitrogen and oxygen atoms in total. The van der Waals surface area contributed by atoms with E-state index in [9.17, 15) is 13.2 Å². The number of ether oxygens (including phenoxy) is 1. The first-order valence-electron chi connectivity index (χ1n) is 5.76. The molecule has 5 heteroatoms. The highest BCUT2D eigenvalue weighted by Crippen LogP contribution is 2.30. The summed E-state index contributed by atoms with van der Waals surface area (Å²) in [5.74, 6) is 0.575. The summed E-state index contributed by atoms with van der Waals surface area (Å²) in [4.78, 5) is 0. The number of alkyl halides is 4. The van der Waals surface area contributed by atoms with Crippen LogP contribution in [0.5, 0.6) is 0 Å². The minimum Gasteiger partial charge on any atom is -0.372 e. The van der Waals surface area contributed by atoms with Crippen LogP contribution in [0.3, 0.4) is 0 Å². The van der Waals surface area contributed by atoms with Crippen molar-refractivity contribution in [2.24, 2.45) is 5.92 Å². The molecule has 1 fully saturated rings. The normalized spacial score (nSPS) is 27.0. The third-order valence-corrected chi connectivity index (χ3v) is 3.28. The first kappa shape index (κ1) is 14.1. The Hall–Kier alpha value is 0.0400. The van der Waals surface area contributed by atoms with Crippen LogP contribution in [-0.4, -0.2) is 24.8 Å². The van der Waals surface area contributed by atoms with Crippen molar-refractivity contribution in [3.05, 3.63) is 0 Å². The fourth-order valence-corrected chi connectivity index (χ4v) is 2.56. The van der Waals surface area contributed by atoms with E-state index in [4.69, 9.17) is 11.6 Å². The molecule has 96 valence electrons. The van der Waals surface area contributed by atoms with Gasteiger partial charge in [-0.3, -0.25) is 0 Å². The van der Waals surface area contributed by atoms with Crippen LogP contribution in [0, 0.1) is 5.92 Å². The van der Waals surface area contributed by atoms with Gasteiger partial charge in [-0.05, 0) is 31.6 Å². The minimum atomic E-state index is -4.20. The quantitative estimate of drug-likeness (QED) is 0.532. The topological polar surface area (TPSA) is 9.23 Å². The van der Waals surface area contributed by atoms with E-state index in [1.807, 2.05) is 0 Å². The highest BCUT2D eigenvalue weighted by Gasteiger charge is 2.27. The van der Waals surface area contributed by atoms with E-state index < -0.39 is 12.8 Å². The molecule has 0 aromatic heterocycles. The molecule has 1 saturated carbocycles. The fourth-order valence-electron chi connectivity index (χ4n) is 2.15. The molecule has 0 spiro atoms. The van der Waals surface area contributed by atoms with Gasteiger partial charge in [-0.15, -0.1) is 11.6 Å². The molecule has 1 aliphatic carbocycles. The van der Waals surface area contributed by atoms with Crippen molar-refractivity contribution in [3.8, 4) is 0 Å². The predicted molar refractivity (Wildman–Crippen MR) is 57.7 cm³/mol. The Morgan fingerprint density at radius 1 is 1.25 bits per heavy atom. The smallest absolute Gasteiger partial charge is 0.372 e. The van der Waals surface area contributed by atoms with Crippen LogP contribution in [0.25, 0.3) is 0 Å². The van der Waals surface area contributed by atoms with Crippen molar-refractivity contribution >= 4 is 11.6 Å². The van der Waals surface area contributed by atoms with E-state index in [1.165, 1.54) is 0 Å². The molecule has 0 aromatic rings. The van der Waals surface area contributed by atoms with Gasteiger partial charge in [-0.1, -0.05) is 12.8 Å². The molecule has 0 aromatic carbocycles. The fraction of sp³-hybridized carbons (Fsp3) is 1.00. The van der Waals surface area contributed by atoms with Gasteiger partial charge in [0.1, 0.15) is 6.61 Å². The standard InChI is InChI=1S/C11H18ClF3O/c12-10-5-1-3-9(7-10)4-2-6-16-8-11(13,14)15/h9-10H,1-8H2. The lowest BCUT2D eigenvalue weighted by molar-refractivity contribution is -0.174. The van der Waals surface area contributed by atoms with E-state index in [2.05, 4.69) is 4.74 Å². The molecule has 16 heavy (non-hydrogen) atoms. The summed E-state index contributed by atoms with van der Waals surface area (Å²) < 4.78 is 39.8. The zero-order chi connectivity index (χ0) is 12.0. The second-order valence-corrected chi connectivity index (χ2v) is 5.06. The lowest BCUT2D eigenvalue weighted by Gasteiger charge is -2.25.